The van der Waals surface area contributed by atoms with Gasteiger partial charge >= 0.3 is 0 Å². The van der Waals surface area contributed by atoms with Crippen LogP contribution in [0.5, 0.6) is 0 Å². The van der Waals surface area contributed by atoms with Crippen molar-refractivity contribution in [1.82, 2.24) is 19.8 Å². The molecule has 3 aliphatic rings. The number of piperidine rings is 1. The minimum atomic E-state index is 0.0666. The largest absolute Gasteiger partial charge is 0.383 e. The molecule has 8 heteroatoms. The molecule has 2 unspecified atom stereocenters. The quantitative estimate of drug-likeness (QED) is 0.400. The van der Waals surface area contributed by atoms with Gasteiger partial charge in [-0.1, -0.05) is 17.7 Å². The maximum atomic E-state index is 13.4. The molecule has 1 aromatic carbocycles. The van der Waals surface area contributed by atoms with Gasteiger partial charge in [-0.15, -0.1) is 11.3 Å². The summed E-state index contributed by atoms with van der Waals surface area (Å²) in [6, 6.07) is 9.40. The Hall–Kier alpha value is -2.06. The first-order valence-corrected chi connectivity index (χ1v) is 14.2. The number of hydrogen-bond donors (Lipinski definition) is 0. The molecular formula is C28H33ClN4O2S. The zero-order chi connectivity index (χ0) is 25.0. The van der Waals surface area contributed by atoms with E-state index in [1.807, 2.05) is 31.0 Å². The van der Waals surface area contributed by atoms with Crippen LogP contribution in [0.25, 0.3) is 10.2 Å². The Morgan fingerprint density at radius 1 is 1.17 bits per heavy atom. The van der Waals surface area contributed by atoms with E-state index in [0.29, 0.717) is 34.5 Å². The smallest absolute Gasteiger partial charge is 0.253 e. The van der Waals surface area contributed by atoms with Gasteiger partial charge in [0.05, 0.1) is 12.3 Å². The number of nitrogens with zero attached hydrogens (tertiary/aromatic N) is 4. The molecule has 0 radical (unpaired) electrons. The Balaban J connectivity index is 1.15. The van der Waals surface area contributed by atoms with Crippen molar-refractivity contribution in [3.05, 3.63) is 57.3 Å². The third-order valence-corrected chi connectivity index (χ3v) is 9.67. The van der Waals surface area contributed by atoms with Gasteiger partial charge in [-0.2, -0.15) is 0 Å². The molecule has 36 heavy (non-hydrogen) atoms. The van der Waals surface area contributed by atoms with Gasteiger partial charge in [0.25, 0.3) is 5.91 Å². The summed E-state index contributed by atoms with van der Waals surface area (Å²) < 4.78 is 5.31. The molecule has 6 nitrogen and oxygen atoms in total. The van der Waals surface area contributed by atoms with Gasteiger partial charge < -0.3 is 9.64 Å². The SMILES string of the molecule is COCCN1C2CCC1CC(N(C)C(=O)c1ccc([C@@H]3C[C@H]3c3nc(C)nc4sccc34)c(Cl)c1)C2. The van der Waals surface area contributed by atoms with E-state index in [0.717, 1.165) is 59.7 Å². The van der Waals surface area contributed by atoms with Crippen LogP contribution in [0.2, 0.25) is 5.02 Å². The summed E-state index contributed by atoms with van der Waals surface area (Å²) in [4.78, 5) is 28.4. The molecule has 2 bridgehead atoms. The Bertz CT molecular complexity index is 1280. The molecule has 2 saturated heterocycles. The van der Waals surface area contributed by atoms with Crippen LogP contribution in [0.4, 0.5) is 0 Å². The summed E-state index contributed by atoms with van der Waals surface area (Å²) in [6.45, 7) is 3.72. The molecule has 3 aromatic rings. The number of thiophene rings is 1. The monoisotopic (exact) mass is 524 g/mol. The van der Waals surface area contributed by atoms with Gasteiger partial charge in [0.15, 0.2) is 0 Å². The average molecular weight is 525 g/mol. The highest BCUT2D eigenvalue weighted by Gasteiger charge is 2.44. The van der Waals surface area contributed by atoms with Crippen LogP contribution in [-0.2, 0) is 4.74 Å². The summed E-state index contributed by atoms with van der Waals surface area (Å²) in [6.07, 6.45) is 5.54. The van der Waals surface area contributed by atoms with Crippen molar-refractivity contribution in [2.24, 2.45) is 0 Å². The van der Waals surface area contributed by atoms with Crippen molar-refractivity contribution in [2.45, 2.75) is 69.0 Å². The number of rotatable bonds is 7. The molecule has 4 atom stereocenters. The lowest BCUT2D eigenvalue weighted by Crippen LogP contribution is -2.51. The van der Waals surface area contributed by atoms with Crippen LogP contribution in [-0.4, -0.2) is 71.1 Å². The van der Waals surface area contributed by atoms with Crippen molar-refractivity contribution in [2.75, 3.05) is 27.3 Å². The Kier molecular flexibility index (Phi) is 6.53. The van der Waals surface area contributed by atoms with Crippen LogP contribution in [0.3, 0.4) is 0 Å². The van der Waals surface area contributed by atoms with Gasteiger partial charge in [-0.05, 0) is 74.1 Å². The number of fused-ring (bicyclic) bond motifs is 3. The normalized spacial score (nSPS) is 27.5. The summed E-state index contributed by atoms with van der Waals surface area (Å²) in [7, 11) is 3.72. The first-order valence-electron chi connectivity index (χ1n) is 13.0. The minimum Gasteiger partial charge on any atom is -0.383 e. The topological polar surface area (TPSA) is 58.6 Å². The standard InChI is InChI=1S/C28H33ClN4O2S/c1-16-30-26(22-8-11-36-27(22)31-16)24-15-23(24)21-7-4-17(12-25(21)29)28(34)32(2)20-13-18-5-6-19(14-20)33(18)9-10-35-3/h4,7-8,11-12,18-20,23-24H,5-6,9-10,13-15H2,1-3H3/t18?,19?,20?,23-,24+/m0/s1. The highest BCUT2D eigenvalue weighted by Crippen LogP contribution is 2.57. The number of carbonyl (C=O) groups excluding carboxylic acids is 1. The molecule has 0 spiro atoms. The maximum Gasteiger partial charge on any atom is 0.253 e. The van der Waals surface area contributed by atoms with Crippen LogP contribution < -0.4 is 0 Å². The summed E-state index contributed by atoms with van der Waals surface area (Å²) in [5, 5.41) is 3.92. The van der Waals surface area contributed by atoms with E-state index in [-0.39, 0.29) is 11.9 Å². The third kappa shape index (κ3) is 4.34. The summed E-state index contributed by atoms with van der Waals surface area (Å²) in [5.41, 5.74) is 2.92. The van der Waals surface area contributed by atoms with Crippen LogP contribution >= 0.6 is 22.9 Å². The highest BCUT2D eigenvalue weighted by atomic mass is 35.5. The lowest BCUT2D eigenvalue weighted by atomic mass is 9.95. The van der Waals surface area contributed by atoms with Crippen molar-refractivity contribution in [3.8, 4) is 0 Å². The molecule has 3 fully saturated rings. The number of carbonyl (C=O) groups is 1. The highest BCUT2D eigenvalue weighted by molar-refractivity contribution is 7.16. The van der Waals surface area contributed by atoms with Gasteiger partial charge in [0, 0.05) is 60.7 Å². The average Bonchev–Trinajstić information content (AvgIpc) is 3.45. The zero-order valence-corrected chi connectivity index (χ0v) is 22.7. The van der Waals surface area contributed by atoms with E-state index in [1.165, 1.54) is 12.8 Å². The number of hydrogen-bond acceptors (Lipinski definition) is 6. The molecule has 2 aliphatic heterocycles. The molecule has 0 N–H and O–H groups in total. The van der Waals surface area contributed by atoms with E-state index in [4.69, 9.17) is 21.3 Å². The van der Waals surface area contributed by atoms with Crippen molar-refractivity contribution in [3.63, 3.8) is 0 Å². The second-order valence-corrected chi connectivity index (χ2v) is 11.9. The predicted molar refractivity (Wildman–Crippen MR) is 144 cm³/mol. The van der Waals surface area contributed by atoms with Crippen molar-refractivity contribution in [1.29, 1.82) is 0 Å². The number of ether oxygens (including phenoxy) is 1. The zero-order valence-electron chi connectivity index (χ0n) is 21.1. The van der Waals surface area contributed by atoms with Gasteiger partial charge in [-0.25, -0.2) is 9.97 Å². The van der Waals surface area contributed by atoms with Crippen LogP contribution in [0.1, 0.15) is 71.4 Å². The Morgan fingerprint density at radius 3 is 2.67 bits per heavy atom. The summed E-state index contributed by atoms with van der Waals surface area (Å²) in [5.74, 6) is 1.57. The second kappa shape index (κ2) is 9.67. The third-order valence-electron chi connectivity index (χ3n) is 8.54. The first kappa shape index (κ1) is 24.3. The second-order valence-electron chi connectivity index (χ2n) is 10.6. The number of halogens is 1. The summed E-state index contributed by atoms with van der Waals surface area (Å²) >= 11 is 8.44. The molecule has 1 aliphatic carbocycles. The van der Waals surface area contributed by atoms with E-state index in [2.05, 4.69) is 27.4 Å². The number of aromatic nitrogens is 2. The fourth-order valence-electron chi connectivity index (χ4n) is 6.57. The predicted octanol–water partition coefficient (Wildman–Crippen LogP) is 5.64. The molecular weight excluding hydrogens is 492 g/mol. The first-order chi connectivity index (χ1) is 17.4. The Morgan fingerprint density at radius 2 is 1.94 bits per heavy atom. The minimum absolute atomic E-state index is 0.0666. The lowest BCUT2D eigenvalue weighted by Gasteiger charge is -2.42. The maximum absolute atomic E-state index is 13.4. The van der Waals surface area contributed by atoms with Gasteiger partial charge in [0.2, 0.25) is 0 Å². The molecule has 1 saturated carbocycles. The van der Waals surface area contributed by atoms with Crippen LogP contribution in [0, 0.1) is 6.92 Å². The fourth-order valence-corrected chi connectivity index (χ4v) is 7.70. The molecule has 6 rings (SSSR count). The van der Waals surface area contributed by atoms with Crippen molar-refractivity contribution < 1.29 is 9.53 Å². The van der Waals surface area contributed by atoms with E-state index >= 15 is 0 Å². The number of aryl methyl sites for hydroxylation is 1. The van der Waals surface area contributed by atoms with E-state index in [9.17, 15) is 4.79 Å². The molecule has 4 heterocycles. The van der Waals surface area contributed by atoms with E-state index < -0.39 is 0 Å². The molecule has 190 valence electrons. The van der Waals surface area contributed by atoms with Gasteiger partial charge in [-0.3, -0.25) is 9.69 Å². The van der Waals surface area contributed by atoms with E-state index in [1.54, 1.807) is 18.4 Å². The molecule has 2 aromatic heterocycles. The van der Waals surface area contributed by atoms with Crippen molar-refractivity contribution >= 4 is 39.1 Å². The Labute approximate surface area is 221 Å². The fraction of sp³-hybridized carbons (Fsp3) is 0.536. The molecule has 1 amide bonds. The number of amides is 1. The van der Waals surface area contributed by atoms with Crippen LogP contribution in [0.15, 0.2) is 29.6 Å². The van der Waals surface area contributed by atoms with Gasteiger partial charge in [0.1, 0.15) is 10.7 Å². The number of benzene rings is 1. The number of methoxy groups -OCH3 is 1. The lowest BCUT2D eigenvalue weighted by molar-refractivity contribution is 0.0406.